The van der Waals surface area contributed by atoms with Gasteiger partial charge in [0.15, 0.2) is 5.69 Å². The third kappa shape index (κ3) is 2.61. The molecule has 0 atom stereocenters. The molecule has 7 nitrogen and oxygen atoms in total. The van der Waals surface area contributed by atoms with Crippen LogP contribution < -0.4 is 16.4 Å². The van der Waals surface area contributed by atoms with E-state index in [2.05, 4.69) is 20.8 Å². The Morgan fingerprint density at radius 3 is 2.78 bits per heavy atom. The van der Waals surface area contributed by atoms with Crippen molar-refractivity contribution in [3.63, 3.8) is 0 Å². The van der Waals surface area contributed by atoms with Crippen molar-refractivity contribution in [1.29, 1.82) is 0 Å². The van der Waals surface area contributed by atoms with Gasteiger partial charge in [0.1, 0.15) is 0 Å². The van der Waals surface area contributed by atoms with Crippen molar-refractivity contribution in [1.82, 2.24) is 20.8 Å². The molecular weight excluding hydrogens is 234 g/mol. The second-order valence-electron chi connectivity index (χ2n) is 4.31. The highest BCUT2D eigenvalue weighted by Gasteiger charge is 2.30. The summed E-state index contributed by atoms with van der Waals surface area (Å²) in [7, 11) is 0. The smallest absolute Gasteiger partial charge is 0.274 e. The van der Waals surface area contributed by atoms with E-state index in [-0.39, 0.29) is 18.1 Å². The lowest BCUT2D eigenvalue weighted by Crippen LogP contribution is -2.37. The minimum atomic E-state index is -0.429. The lowest BCUT2D eigenvalue weighted by Gasteiger charge is -2.04. The van der Waals surface area contributed by atoms with Crippen molar-refractivity contribution >= 4 is 17.5 Å². The fraction of sp³-hybridized carbons (Fsp3) is 0.545. The molecule has 18 heavy (non-hydrogen) atoms. The van der Waals surface area contributed by atoms with Gasteiger partial charge in [0.2, 0.25) is 5.91 Å². The number of aromatic amines is 1. The standard InChI is InChI=1S/C11H17N5O2/c1-2-13-7(17)5-14-11(18)10-8(12)9(15-16-10)6-3-4-6/h6H,2-5,12H2,1H3,(H,13,17)(H,14,18)(H,15,16). The zero-order valence-electron chi connectivity index (χ0n) is 10.2. The fourth-order valence-corrected chi connectivity index (χ4v) is 1.72. The van der Waals surface area contributed by atoms with Gasteiger partial charge in [-0.2, -0.15) is 5.10 Å². The molecule has 1 saturated carbocycles. The monoisotopic (exact) mass is 251 g/mol. The van der Waals surface area contributed by atoms with Crippen LogP contribution in [-0.4, -0.2) is 35.1 Å². The topological polar surface area (TPSA) is 113 Å². The molecule has 0 saturated heterocycles. The second-order valence-corrected chi connectivity index (χ2v) is 4.31. The second kappa shape index (κ2) is 5.07. The summed E-state index contributed by atoms with van der Waals surface area (Å²) in [5.74, 6) is -0.258. The Balaban J connectivity index is 1.94. The first-order valence-electron chi connectivity index (χ1n) is 6.02. The van der Waals surface area contributed by atoms with E-state index in [0.29, 0.717) is 18.2 Å². The van der Waals surface area contributed by atoms with Crippen LogP contribution in [0.15, 0.2) is 0 Å². The lowest BCUT2D eigenvalue weighted by atomic mass is 10.2. The zero-order chi connectivity index (χ0) is 13.1. The van der Waals surface area contributed by atoms with E-state index in [1.54, 1.807) is 0 Å². The number of aromatic nitrogens is 2. The molecule has 1 aromatic rings. The van der Waals surface area contributed by atoms with Crippen LogP contribution in [-0.2, 0) is 4.79 Å². The SMILES string of the molecule is CCNC(=O)CNC(=O)c1n[nH]c(C2CC2)c1N. The summed E-state index contributed by atoms with van der Waals surface area (Å²) >= 11 is 0. The van der Waals surface area contributed by atoms with Gasteiger partial charge in [0.05, 0.1) is 17.9 Å². The van der Waals surface area contributed by atoms with Crippen LogP contribution in [0.5, 0.6) is 0 Å². The average Bonchev–Trinajstić information content (AvgIpc) is 3.10. The summed E-state index contributed by atoms with van der Waals surface area (Å²) in [5, 5.41) is 11.8. The Kier molecular flexibility index (Phi) is 3.50. The highest BCUT2D eigenvalue weighted by atomic mass is 16.2. The van der Waals surface area contributed by atoms with Gasteiger partial charge in [-0.25, -0.2) is 0 Å². The molecule has 0 unspecified atom stereocenters. The van der Waals surface area contributed by atoms with Crippen molar-refractivity contribution in [2.24, 2.45) is 0 Å². The van der Waals surface area contributed by atoms with Gasteiger partial charge in [-0.1, -0.05) is 0 Å². The molecule has 1 aliphatic carbocycles. The van der Waals surface area contributed by atoms with Crippen molar-refractivity contribution in [2.45, 2.75) is 25.7 Å². The Hall–Kier alpha value is -2.05. The molecule has 98 valence electrons. The minimum absolute atomic E-state index is 0.0717. The molecular formula is C11H17N5O2. The molecule has 0 spiro atoms. The third-order valence-corrected chi connectivity index (χ3v) is 2.82. The van der Waals surface area contributed by atoms with Gasteiger partial charge in [-0.05, 0) is 19.8 Å². The predicted molar refractivity (Wildman–Crippen MR) is 66.0 cm³/mol. The quantitative estimate of drug-likeness (QED) is 0.577. The molecule has 2 amide bonds. The maximum Gasteiger partial charge on any atom is 0.274 e. The van der Waals surface area contributed by atoms with Crippen LogP contribution in [0.2, 0.25) is 0 Å². The van der Waals surface area contributed by atoms with Gasteiger partial charge < -0.3 is 16.4 Å². The number of rotatable bonds is 5. The predicted octanol–water partition coefficient (Wildman–Crippen LogP) is -0.265. The first-order valence-corrected chi connectivity index (χ1v) is 6.02. The van der Waals surface area contributed by atoms with E-state index in [9.17, 15) is 9.59 Å². The average molecular weight is 251 g/mol. The molecule has 7 heteroatoms. The number of nitrogens with zero attached hydrogens (tertiary/aromatic N) is 1. The number of anilines is 1. The van der Waals surface area contributed by atoms with Crippen molar-refractivity contribution in [3.8, 4) is 0 Å². The molecule has 2 rings (SSSR count). The Morgan fingerprint density at radius 2 is 2.17 bits per heavy atom. The van der Waals surface area contributed by atoms with Gasteiger partial charge in [0, 0.05) is 12.5 Å². The van der Waals surface area contributed by atoms with E-state index in [4.69, 9.17) is 5.73 Å². The van der Waals surface area contributed by atoms with E-state index < -0.39 is 5.91 Å². The maximum absolute atomic E-state index is 11.8. The number of likely N-dealkylation sites (N-methyl/N-ethyl adjacent to an activating group) is 1. The summed E-state index contributed by atoms with van der Waals surface area (Å²) in [4.78, 5) is 23.0. The number of nitrogens with one attached hydrogen (secondary N) is 3. The minimum Gasteiger partial charge on any atom is -0.395 e. The molecule has 0 radical (unpaired) electrons. The summed E-state index contributed by atoms with van der Waals surface area (Å²) < 4.78 is 0. The van der Waals surface area contributed by atoms with Crippen LogP contribution in [0.1, 0.15) is 41.9 Å². The number of nitrogens with two attached hydrogens (primary N) is 1. The van der Waals surface area contributed by atoms with Crippen LogP contribution in [0, 0.1) is 0 Å². The first kappa shape index (κ1) is 12.4. The third-order valence-electron chi connectivity index (χ3n) is 2.82. The zero-order valence-corrected chi connectivity index (χ0v) is 10.2. The van der Waals surface area contributed by atoms with Crippen LogP contribution in [0.3, 0.4) is 0 Å². The van der Waals surface area contributed by atoms with Crippen molar-refractivity contribution in [3.05, 3.63) is 11.4 Å². The highest BCUT2D eigenvalue weighted by Crippen LogP contribution is 2.42. The normalized spacial score (nSPS) is 14.3. The maximum atomic E-state index is 11.8. The van der Waals surface area contributed by atoms with Crippen molar-refractivity contribution < 1.29 is 9.59 Å². The fourth-order valence-electron chi connectivity index (χ4n) is 1.72. The van der Waals surface area contributed by atoms with E-state index >= 15 is 0 Å². The number of amides is 2. The largest absolute Gasteiger partial charge is 0.395 e. The number of carbonyl (C=O) groups is 2. The van der Waals surface area contributed by atoms with Gasteiger partial charge in [-0.15, -0.1) is 0 Å². The molecule has 0 aliphatic heterocycles. The van der Waals surface area contributed by atoms with Crippen LogP contribution in [0.25, 0.3) is 0 Å². The van der Waals surface area contributed by atoms with E-state index in [1.807, 2.05) is 6.92 Å². The summed E-state index contributed by atoms with van der Waals surface area (Å²) in [6.45, 7) is 2.27. The van der Waals surface area contributed by atoms with E-state index in [0.717, 1.165) is 18.5 Å². The first-order chi connectivity index (χ1) is 8.63. The molecule has 0 aromatic carbocycles. The number of hydrogen-bond donors (Lipinski definition) is 4. The summed E-state index contributed by atoms with van der Waals surface area (Å²) in [5.41, 5.74) is 7.25. The van der Waals surface area contributed by atoms with Crippen molar-refractivity contribution in [2.75, 3.05) is 18.8 Å². The Labute approximate surface area is 105 Å². The molecule has 1 aromatic heterocycles. The number of nitrogen functional groups attached to an aromatic ring is 1. The summed E-state index contributed by atoms with van der Waals surface area (Å²) in [6.07, 6.45) is 2.15. The molecule has 5 N–H and O–H groups in total. The van der Waals surface area contributed by atoms with Crippen LogP contribution in [0.4, 0.5) is 5.69 Å². The lowest BCUT2D eigenvalue weighted by molar-refractivity contribution is -0.120. The Bertz CT molecular complexity index is 464. The van der Waals surface area contributed by atoms with Gasteiger partial charge >= 0.3 is 0 Å². The number of hydrogen-bond acceptors (Lipinski definition) is 4. The van der Waals surface area contributed by atoms with Gasteiger partial charge in [0.25, 0.3) is 5.91 Å². The molecule has 1 fully saturated rings. The number of carbonyl (C=O) groups excluding carboxylic acids is 2. The number of H-pyrrole nitrogens is 1. The van der Waals surface area contributed by atoms with E-state index in [1.165, 1.54) is 0 Å². The highest BCUT2D eigenvalue weighted by molar-refractivity contribution is 5.99. The molecule has 0 bridgehead atoms. The Morgan fingerprint density at radius 1 is 1.44 bits per heavy atom. The van der Waals surface area contributed by atoms with Crippen LogP contribution >= 0.6 is 0 Å². The molecule has 1 heterocycles. The summed E-state index contributed by atoms with van der Waals surface area (Å²) in [6, 6.07) is 0. The van der Waals surface area contributed by atoms with Gasteiger partial charge in [-0.3, -0.25) is 14.7 Å². The molecule has 1 aliphatic rings.